The molecule has 9 aromatic carbocycles. The molecule has 0 fully saturated rings. The summed E-state index contributed by atoms with van der Waals surface area (Å²) < 4.78 is 8.84. The molecule has 2 heterocycles. The van der Waals surface area contributed by atoms with Crippen LogP contribution in [0.2, 0.25) is 0 Å². The molecule has 0 spiro atoms. The highest BCUT2D eigenvalue weighted by Crippen LogP contribution is 2.44. The van der Waals surface area contributed by atoms with Gasteiger partial charge in [-0.3, -0.25) is 0 Å². The molecule has 0 aliphatic rings. The normalized spacial score (nSPS) is 11.5. The van der Waals surface area contributed by atoms with E-state index >= 15 is 0 Å². The van der Waals surface area contributed by atoms with Crippen LogP contribution >= 0.6 is 0 Å². The van der Waals surface area contributed by atoms with Crippen molar-refractivity contribution in [2.45, 2.75) is 0 Å². The molecule has 268 valence electrons. The molecule has 11 rings (SSSR count). The summed E-state index contributed by atoms with van der Waals surface area (Å²) >= 11 is 0. The molecule has 57 heavy (non-hydrogen) atoms. The third-order valence-corrected chi connectivity index (χ3v) is 11.2. The van der Waals surface area contributed by atoms with E-state index in [1.54, 1.807) is 0 Å². The van der Waals surface area contributed by atoms with Crippen LogP contribution in [0, 0.1) is 0 Å². The lowest BCUT2D eigenvalue weighted by molar-refractivity contribution is 0.670. The van der Waals surface area contributed by atoms with Gasteiger partial charge < -0.3 is 13.9 Å². The lowest BCUT2D eigenvalue weighted by Crippen LogP contribution is -2.10. The molecule has 0 saturated heterocycles. The van der Waals surface area contributed by atoms with Crippen LogP contribution < -0.4 is 4.90 Å². The molecule has 0 atom stereocenters. The molecule has 0 unspecified atom stereocenters. The molecule has 0 saturated carbocycles. The Labute approximate surface area is 330 Å². The lowest BCUT2D eigenvalue weighted by Gasteiger charge is -2.26. The number of benzene rings is 9. The van der Waals surface area contributed by atoms with Crippen molar-refractivity contribution in [2.75, 3.05) is 4.90 Å². The molecule has 0 aliphatic carbocycles. The molecule has 0 bridgehead atoms. The Kier molecular flexibility index (Phi) is 7.82. The zero-order valence-corrected chi connectivity index (χ0v) is 31.1. The number of aromatic nitrogens is 1. The minimum absolute atomic E-state index is 0.904. The summed E-state index contributed by atoms with van der Waals surface area (Å²) in [6, 6.07) is 78.1. The number of hydrogen-bond acceptors (Lipinski definition) is 2. The number of para-hydroxylation sites is 3. The topological polar surface area (TPSA) is 21.3 Å². The van der Waals surface area contributed by atoms with Crippen molar-refractivity contribution in [3.63, 3.8) is 0 Å². The third kappa shape index (κ3) is 5.60. The first-order valence-corrected chi connectivity index (χ1v) is 19.4. The number of furan rings is 1. The molecule has 0 N–H and O–H groups in total. The Morgan fingerprint density at radius 2 is 0.895 bits per heavy atom. The predicted octanol–water partition coefficient (Wildman–Crippen LogP) is 15.2. The van der Waals surface area contributed by atoms with Gasteiger partial charge in [0.15, 0.2) is 0 Å². The molecule has 0 radical (unpaired) electrons. The average molecular weight is 729 g/mol. The van der Waals surface area contributed by atoms with Crippen molar-refractivity contribution in [2.24, 2.45) is 0 Å². The lowest BCUT2D eigenvalue weighted by atomic mass is 9.99. The van der Waals surface area contributed by atoms with E-state index in [2.05, 4.69) is 216 Å². The SMILES string of the molecule is c1ccc(-c2ccc(N(c3ccc(-c4cccc5c4oc4ccccc45)cc3)c3ccc4c(c3)c3c(-c5ccccc5)cccc3n4-c3ccccc3)cc2)cc1. The van der Waals surface area contributed by atoms with Crippen LogP contribution in [0.15, 0.2) is 223 Å². The van der Waals surface area contributed by atoms with Crippen LogP contribution in [0.1, 0.15) is 0 Å². The molecular weight excluding hydrogens is 693 g/mol. The number of rotatable bonds is 7. The Balaban J connectivity index is 1.10. The van der Waals surface area contributed by atoms with E-state index in [4.69, 9.17) is 4.42 Å². The van der Waals surface area contributed by atoms with Gasteiger partial charge in [0, 0.05) is 49.9 Å². The Bertz CT molecular complexity index is 3200. The zero-order chi connectivity index (χ0) is 37.7. The second-order valence-corrected chi connectivity index (χ2v) is 14.5. The fourth-order valence-electron chi connectivity index (χ4n) is 8.56. The van der Waals surface area contributed by atoms with Crippen molar-refractivity contribution < 1.29 is 4.42 Å². The number of hydrogen-bond donors (Lipinski definition) is 0. The largest absolute Gasteiger partial charge is 0.455 e. The maximum Gasteiger partial charge on any atom is 0.143 e. The summed E-state index contributed by atoms with van der Waals surface area (Å²) in [4.78, 5) is 2.37. The highest BCUT2D eigenvalue weighted by atomic mass is 16.3. The maximum absolute atomic E-state index is 6.44. The number of anilines is 3. The van der Waals surface area contributed by atoms with Gasteiger partial charge in [-0.2, -0.15) is 0 Å². The van der Waals surface area contributed by atoms with Gasteiger partial charge in [0.2, 0.25) is 0 Å². The Morgan fingerprint density at radius 3 is 1.63 bits per heavy atom. The first kappa shape index (κ1) is 32.8. The standard InChI is InChI=1S/C54H36N2O/c1-4-14-37(15-5-1)38-26-30-42(31-27-38)55(43-32-28-40(29-33-43)46-22-12-23-48-47-20-10-11-25-52(47)57-54(46)48)44-34-35-50-49(36-44)53-45(39-16-6-2-7-17-39)21-13-24-51(53)56(50)41-18-8-3-9-19-41/h1-36H. The average Bonchev–Trinajstić information content (AvgIpc) is 3.84. The van der Waals surface area contributed by atoms with Crippen molar-refractivity contribution >= 4 is 60.8 Å². The predicted molar refractivity (Wildman–Crippen MR) is 239 cm³/mol. The zero-order valence-electron chi connectivity index (χ0n) is 31.1. The number of fused-ring (bicyclic) bond motifs is 6. The van der Waals surface area contributed by atoms with Crippen molar-refractivity contribution in [1.29, 1.82) is 0 Å². The quantitative estimate of drug-likeness (QED) is 0.163. The van der Waals surface area contributed by atoms with Crippen molar-refractivity contribution in [3.05, 3.63) is 218 Å². The smallest absolute Gasteiger partial charge is 0.143 e. The summed E-state index contributed by atoms with van der Waals surface area (Å²) in [5.41, 5.74) is 15.5. The summed E-state index contributed by atoms with van der Waals surface area (Å²) in [6.07, 6.45) is 0. The van der Waals surface area contributed by atoms with Gasteiger partial charge >= 0.3 is 0 Å². The summed E-state index contributed by atoms with van der Waals surface area (Å²) in [6.45, 7) is 0. The van der Waals surface area contributed by atoms with Gasteiger partial charge in [-0.25, -0.2) is 0 Å². The first-order valence-electron chi connectivity index (χ1n) is 19.4. The van der Waals surface area contributed by atoms with E-state index in [-0.39, 0.29) is 0 Å². The van der Waals surface area contributed by atoms with Gasteiger partial charge in [0.1, 0.15) is 11.2 Å². The summed E-state index contributed by atoms with van der Waals surface area (Å²) in [7, 11) is 0. The van der Waals surface area contributed by atoms with Crippen LogP contribution in [0.25, 0.3) is 82.8 Å². The van der Waals surface area contributed by atoms with E-state index in [1.807, 2.05) is 12.1 Å². The van der Waals surface area contributed by atoms with E-state index in [9.17, 15) is 0 Å². The highest BCUT2D eigenvalue weighted by Gasteiger charge is 2.20. The molecule has 2 aromatic heterocycles. The second kappa shape index (κ2) is 13.6. The van der Waals surface area contributed by atoms with E-state index in [0.29, 0.717) is 0 Å². The molecule has 3 heteroatoms. The first-order chi connectivity index (χ1) is 28.3. The van der Waals surface area contributed by atoms with E-state index < -0.39 is 0 Å². The van der Waals surface area contributed by atoms with Gasteiger partial charge in [-0.05, 0) is 94.5 Å². The summed E-state index contributed by atoms with van der Waals surface area (Å²) in [5, 5.41) is 4.70. The molecule has 0 aliphatic heterocycles. The minimum atomic E-state index is 0.904. The Morgan fingerprint density at radius 1 is 0.351 bits per heavy atom. The maximum atomic E-state index is 6.44. The van der Waals surface area contributed by atoms with Crippen molar-refractivity contribution in [1.82, 2.24) is 4.57 Å². The monoisotopic (exact) mass is 728 g/mol. The van der Waals surface area contributed by atoms with Crippen LogP contribution in [-0.2, 0) is 0 Å². The molecular formula is C54H36N2O. The van der Waals surface area contributed by atoms with Crippen LogP contribution in [0.5, 0.6) is 0 Å². The van der Waals surface area contributed by atoms with Crippen LogP contribution in [-0.4, -0.2) is 4.57 Å². The fourth-order valence-corrected chi connectivity index (χ4v) is 8.56. The number of nitrogens with zero attached hydrogens (tertiary/aromatic N) is 2. The van der Waals surface area contributed by atoms with Crippen LogP contribution in [0.4, 0.5) is 17.1 Å². The van der Waals surface area contributed by atoms with Gasteiger partial charge in [-0.15, -0.1) is 0 Å². The molecule has 0 amide bonds. The van der Waals surface area contributed by atoms with Crippen LogP contribution in [0.3, 0.4) is 0 Å². The van der Waals surface area contributed by atoms with Crippen molar-refractivity contribution in [3.8, 4) is 39.1 Å². The summed E-state index contributed by atoms with van der Waals surface area (Å²) in [5.74, 6) is 0. The van der Waals surface area contributed by atoms with E-state index in [1.165, 1.54) is 38.5 Å². The third-order valence-electron chi connectivity index (χ3n) is 11.2. The fraction of sp³-hybridized carbons (Fsp3) is 0. The Hall–Kier alpha value is -7.62. The molecule has 3 nitrogen and oxygen atoms in total. The van der Waals surface area contributed by atoms with Gasteiger partial charge in [0.05, 0.1) is 11.0 Å². The second-order valence-electron chi connectivity index (χ2n) is 14.5. The van der Waals surface area contributed by atoms with Gasteiger partial charge in [0.25, 0.3) is 0 Å². The molecule has 11 aromatic rings. The van der Waals surface area contributed by atoms with Gasteiger partial charge in [-0.1, -0.05) is 152 Å². The highest BCUT2D eigenvalue weighted by molar-refractivity contribution is 6.17. The minimum Gasteiger partial charge on any atom is -0.455 e. The van der Waals surface area contributed by atoms with E-state index in [0.717, 1.165) is 61.3 Å².